The van der Waals surface area contributed by atoms with Crippen molar-refractivity contribution in [3.05, 3.63) is 66.0 Å². The number of methoxy groups -OCH3 is 2. The van der Waals surface area contributed by atoms with Crippen LogP contribution >= 0.6 is 0 Å². The summed E-state index contributed by atoms with van der Waals surface area (Å²) in [5.41, 5.74) is 0.709. The van der Waals surface area contributed by atoms with Crippen LogP contribution < -0.4 is 4.74 Å². The van der Waals surface area contributed by atoms with Gasteiger partial charge in [-0.15, -0.1) is 10.2 Å². The van der Waals surface area contributed by atoms with Gasteiger partial charge in [-0.2, -0.15) is 9.10 Å². The molecule has 3 rings (SSSR count). The number of aromatic nitrogens is 4. The van der Waals surface area contributed by atoms with Gasteiger partial charge in [-0.3, -0.25) is 4.79 Å². The summed E-state index contributed by atoms with van der Waals surface area (Å²) in [6, 6.07) is 13.7. The van der Waals surface area contributed by atoms with Gasteiger partial charge in [-0.1, -0.05) is 30.3 Å². The van der Waals surface area contributed by atoms with Crippen molar-refractivity contribution in [2.45, 2.75) is 23.9 Å². The molecule has 1 unspecified atom stereocenters. The van der Waals surface area contributed by atoms with Gasteiger partial charge in [0.25, 0.3) is 0 Å². The average Bonchev–Trinajstić information content (AvgIpc) is 3.21. The molecule has 0 aliphatic heterocycles. The monoisotopic (exact) mass is 445 g/mol. The van der Waals surface area contributed by atoms with Gasteiger partial charge in [0, 0.05) is 13.0 Å². The largest absolute Gasteiger partial charge is 0.497 e. The number of benzene rings is 2. The molecule has 1 aromatic heterocycles. The zero-order valence-corrected chi connectivity index (χ0v) is 18.2. The van der Waals surface area contributed by atoms with Crippen LogP contribution in [0.2, 0.25) is 0 Å². The molecule has 3 aromatic rings. The van der Waals surface area contributed by atoms with Crippen molar-refractivity contribution in [2.24, 2.45) is 7.05 Å². The molecular formula is C20H23N5O5S. The minimum absolute atomic E-state index is 0.0187. The highest BCUT2D eigenvalue weighted by atomic mass is 32.2. The van der Waals surface area contributed by atoms with Crippen LogP contribution in [-0.2, 0) is 39.6 Å². The lowest BCUT2D eigenvalue weighted by atomic mass is 10.1. The summed E-state index contributed by atoms with van der Waals surface area (Å²) in [7, 11) is 0.186. The molecule has 0 spiro atoms. The third-order valence-electron chi connectivity index (χ3n) is 4.59. The molecule has 0 amide bonds. The second-order valence-electron chi connectivity index (χ2n) is 6.65. The zero-order valence-electron chi connectivity index (χ0n) is 17.4. The van der Waals surface area contributed by atoms with Gasteiger partial charge in [-0.25, -0.2) is 8.42 Å². The Labute approximate surface area is 180 Å². The Morgan fingerprint density at radius 1 is 1.10 bits per heavy atom. The van der Waals surface area contributed by atoms with Crippen molar-refractivity contribution >= 4 is 16.0 Å². The van der Waals surface area contributed by atoms with E-state index < -0.39 is 22.0 Å². The molecule has 0 fully saturated rings. The molecule has 0 saturated heterocycles. The van der Waals surface area contributed by atoms with Gasteiger partial charge >= 0.3 is 5.97 Å². The average molecular weight is 446 g/mol. The molecule has 0 radical (unpaired) electrons. The Hall–Kier alpha value is -3.31. The highest BCUT2D eigenvalue weighted by molar-refractivity contribution is 7.89. The molecule has 0 aliphatic carbocycles. The number of esters is 1. The Morgan fingerprint density at radius 3 is 2.32 bits per heavy atom. The van der Waals surface area contributed by atoms with Crippen molar-refractivity contribution in [2.75, 3.05) is 14.2 Å². The maximum absolute atomic E-state index is 13.6. The van der Waals surface area contributed by atoms with Gasteiger partial charge in [-0.05, 0) is 35.0 Å². The van der Waals surface area contributed by atoms with Crippen molar-refractivity contribution in [3.63, 3.8) is 0 Å². The first-order chi connectivity index (χ1) is 14.8. The molecule has 11 heteroatoms. The molecule has 31 heavy (non-hydrogen) atoms. The van der Waals surface area contributed by atoms with E-state index in [1.807, 2.05) is 6.07 Å². The summed E-state index contributed by atoms with van der Waals surface area (Å²) in [5, 5.41) is 11.7. The first kappa shape index (κ1) is 22.4. The van der Waals surface area contributed by atoms with Crippen LogP contribution in [0.15, 0.2) is 59.5 Å². The summed E-state index contributed by atoms with van der Waals surface area (Å²) in [5.74, 6) is 0.0169. The number of rotatable bonds is 9. The number of nitrogens with zero attached hydrogens (tertiary/aromatic N) is 5. The molecule has 0 aliphatic rings. The predicted molar refractivity (Wildman–Crippen MR) is 110 cm³/mol. The van der Waals surface area contributed by atoms with Crippen LogP contribution in [0.5, 0.6) is 5.75 Å². The molecule has 0 bridgehead atoms. The topological polar surface area (TPSA) is 117 Å². The summed E-state index contributed by atoms with van der Waals surface area (Å²) in [4.78, 5) is 14.0. The number of aryl methyl sites for hydroxylation is 1. The van der Waals surface area contributed by atoms with E-state index in [1.165, 1.54) is 31.1 Å². The van der Waals surface area contributed by atoms with Crippen LogP contribution in [0, 0.1) is 0 Å². The third-order valence-corrected chi connectivity index (χ3v) is 6.46. The Morgan fingerprint density at radius 2 is 1.77 bits per heavy atom. The highest BCUT2D eigenvalue weighted by Gasteiger charge is 2.38. The Bertz CT molecular complexity index is 1120. The fourth-order valence-corrected chi connectivity index (χ4v) is 4.59. The molecule has 0 saturated carbocycles. The lowest BCUT2D eigenvalue weighted by Gasteiger charge is -2.28. The number of sulfonamides is 1. The second-order valence-corrected chi connectivity index (χ2v) is 8.54. The van der Waals surface area contributed by atoms with Crippen LogP contribution in [0.3, 0.4) is 0 Å². The molecule has 1 atom stereocenters. The smallest absolute Gasteiger partial charge is 0.324 e. The van der Waals surface area contributed by atoms with Crippen LogP contribution in [0.1, 0.15) is 11.4 Å². The number of hydrogen-bond donors (Lipinski definition) is 0. The predicted octanol–water partition coefficient (Wildman–Crippen LogP) is 1.19. The summed E-state index contributed by atoms with van der Waals surface area (Å²) in [6.45, 7) is -0.0464. The lowest BCUT2D eigenvalue weighted by Crippen LogP contribution is -2.46. The van der Waals surface area contributed by atoms with E-state index in [2.05, 4.69) is 15.4 Å². The maximum Gasteiger partial charge on any atom is 0.324 e. The molecular weight excluding hydrogens is 422 g/mol. The third kappa shape index (κ3) is 5.25. The maximum atomic E-state index is 13.6. The first-order valence-corrected chi connectivity index (χ1v) is 10.8. The molecule has 1 heterocycles. The SMILES string of the molecule is COC(=O)C(Cc1nnn(C)n1)N(Cc1ccccc1)S(=O)(=O)c1ccc(OC)cc1. The van der Waals surface area contributed by atoms with Gasteiger partial charge in [0.05, 0.1) is 26.2 Å². The van der Waals surface area contributed by atoms with E-state index in [0.717, 1.165) is 4.31 Å². The molecule has 0 N–H and O–H groups in total. The molecule has 2 aromatic carbocycles. The van der Waals surface area contributed by atoms with Crippen LogP contribution in [-0.4, -0.2) is 59.2 Å². The van der Waals surface area contributed by atoms with Crippen molar-refractivity contribution in [3.8, 4) is 5.75 Å². The Balaban J connectivity index is 2.06. The highest BCUT2D eigenvalue weighted by Crippen LogP contribution is 2.25. The minimum Gasteiger partial charge on any atom is -0.497 e. The van der Waals surface area contributed by atoms with Gasteiger partial charge < -0.3 is 9.47 Å². The van der Waals surface area contributed by atoms with Crippen LogP contribution in [0.4, 0.5) is 0 Å². The van der Waals surface area contributed by atoms with E-state index in [-0.39, 0.29) is 23.7 Å². The van der Waals surface area contributed by atoms with E-state index in [0.29, 0.717) is 11.3 Å². The van der Waals surface area contributed by atoms with E-state index in [1.54, 1.807) is 43.4 Å². The van der Waals surface area contributed by atoms with Crippen LogP contribution in [0.25, 0.3) is 0 Å². The van der Waals surface area contributed by atoms with E-state index in [4.69, 9.17) is 9.47 Å². The number of hydrogen-bond acceptors (Lipinski definition) is 8. The number of carbonyl (C=O) groups excluding carboxylic acids is 1. The fourth-order valence-electron chi connectivity index (χ4n) is 3.03. The fraction of sp³-hybridized carbons (Fsp3) is 0.300. The number of tetrazole rings is 1. The normalized spacial score (nSPS) is 12.5. The van der Waals surface area contributed by atoms with E-state index >= 15 is 0 Å². The number of carbonyl (C=O) groups is 1. The standard InChI is InChI=1S/C20H23N5O5S/c1-24-22-19(21-23-24)13-18(20(26)30-3)25(14-15-7-5-4-6-8-15)31(27,28)17-11-9-16(29-2)10-12-17/h4-12,18H,13-14H2,1-3H3. The van der Waals surface area contributed by atoms with Gasteiger partial charge in [0.2, 0.25) is 10.0 Å². The molecule has 164 valence electrons. The Kier molecular flexibility index (Phi) is 6.98. The van der Waals surface area contributed by atoms with Gasteiger partial charge in [0.15, 0.2) is 5.82 Å². The minimum atomic E-state index is -4.10. The molecule has 10 nitrogen and oxygen atoms in total. The quantitative estimate of drug-likeness (QED) is 0.451. The summed E-state index contributed by atoms with van der Waals surface area (Å²) < 4.78 is 38.4. The lowest BCUT2D eigenvalue weighted by molar-refractivity contribution is -0.145. The summed E-state index contributed by atoms with van der Waals surface area (Å²) in [6.07, 6.45) is -0.0945. The van der Waals surface area contributed by atoms with Crippen molar-refractivity contribution < 1.29 is 22.7 Å². The van der Waals surface area contributed by atoms with Crippen molar-refractivity contribution in [1.82, 2.24) is 24.5 Å². The van der Waals surface area contributed by atoms with Crippen molar-refractivity contribution in [1.29, 1.82) is 0 Å². The first-order valence-electron chi connectivity index (χ1n) is 9.35. The summed E-state index contributed by atoms with van der Waals surface area (Å²) >= 11 is 0. The zero-order chi connectivity index (χ0) is 22.4. The second kappa shape index (κ2) is 9.67. The number of ether oxygens (including phenoxy) is 2. The van der Waals surface area contributed by atoms with Gasteiger partial charge in [0.1, 0.15) is 11.8 Å². The van der Waals surface area contributed by atoms with E-state index in [9.17, 15) is 13.2 Å².